The topological polar surface area (TPSA) is 117 Å². The standard InChI is InChI=1S/C26H26Cl2N4O5S/c1-18(2)30-26(34)17-37-21-11-8-19(9-12-21)15-29-31-25(33)16-32(20-10-13-23(27)24(28)14-20)38(35,36)22-6-4-3-5-7-22/h3-15,18H,16-17H2,1-2H3,(H,30,34)(H,31,33)/b29-15-. The molecule has 0 unspecified atom stereocenters. The zero-order valence-corrected chi connectivity index (χ0v) is 22.9. The van der Waals surface area contributed by atoms with E-state index in [1.165, 1.54) is 36.5 Å². The third kappa shape index (κ3) is 8.20. The molecule has 200 valence electrons. The lowest BCUT2D eigenvalue weighted by Crippen LogP contribution is -2.39. The van der Waals surface area contributed by atoms with Crippen LogP contribution in [-0.2, 0) is 19.6 Å². The maximum absolute atomic E-state index is 13.3. The highest BCUT2D eigenvalue weighted by atomic mass is 35.5. The molecule has 38 heavy (non-hydrogen) atoms. The number of carbonyl (C=O) groups is 2. The van der Waals surface area contributed by atoms with Crippen molar-refractivity contribution in [2.24, 2.45) is 5.10 Å². The Kier molecular flexibility index (Phi) is 10.1. The van der Waals surface area contributed by atoms with Crippen LogP contribution in [0.5, 0.6) is 5.75 Å². The van der Waals surface area contributed by atoms with E-state index in [1.54, 1.807) is 42.5 Å². The molecule has 0 saturated carbocycles. The fourth-order valence-electron chi connectivity index (χ4n) is 3.18. The second kappa shape index (κ2) is 13.3. The predicted octanol–water partition coefficient (Wildman–Crippen LogP) is 4.24. The van der Waals surface area contributed by atoms with Gasteiger partial charge >= 0.3 is 0 Å². The monoisotopic (exact) mass is 576 g/mol. The second-order valence-corrected chi connectivity index (χ2v) is 11.0. The van der Waals surface area contributed by atoms with Gasteiger partial charge in [-0.3, -0.25) is 13.9 Å². The summed E-state index contributed by atoms with van der Waals surface area (Å²) in [6.07, 6.45) is 1.39. The van der Waals surface area contributed by atoms with Crippen LogP contribution >= 0.6 is 23.2 Å². The number of ether oxygens (including phenoxy) is 1. The number of benzene rings is 3. The van der Waals surface area contributed by atoms with E-state index < -0.39 is 22.5 Å². The maximum atomic E-state index is 13.3. The Bertz CT molecular complexity index is 1400. The van der Waals surface area contributed by atoms with Gasteiger partial charge in [0.15, 0.2) is 6.61 Å². The van der Waals surface area contributed by atoms with Gasteiger partial charge in [-0.25, -0.2) is 13.8 Å². The summed E-state index contributed by atoms with van der Waals surface area (Å²) in [6, 6.07) is 18.7. The lowest BCUT2D eigenvalue weighted by atomic mass is 10.2. The van der Waals surface area contributed by atoms with Crippen LogP contribution in [0.4, 0.5) is 5.69 Å². The zero-order valence-electron chi connectivity index (χ0n) is 20.6. The molecule has 0 atom stereocenters. The number of hydrogen-bond donors (Lipinski definition) is 2. The van der Waals surface area contributed by atoms with Crippen LogP contribution in [0.15, 0.2) is 82.8 Å². The van der Waals surface area contributed by atoms with Gasteiger partial charge in [0.05, 0.1) is 26.8 Å². The molecule has 0 fully saturated rings. The zero-order chi connectivity index (χ0) is 27.7. The summed E-state index contributed by atoms with van der Waals surface area (Å²) in [7, 11) is -4.10. The molecule has 0 spiro atoms. The number of carbonyl (C=O) groups excluding carboxylic acids is 2. The van der Waals surface area contributed by atoms with Crippen LogP contribution in [0.25, 0.3) is 0 Å². The quantitative estimate of drug-likeness (QED) is 0.261. The van der Waals surface area contributed by atoms with Gasteiger partial charge in [0, 0.05) is 6.04 Å². The number of halogens is 2. The molecule has 9 nitrogen and oxygen atoms in total. The van der Waals surface area contributed by atoms with Gasteiger partial charge in [-0.2, -0.15) is 5.10 Å². The molecule has 2 N–H and O–H groups in total. The Morgan fingerprint density at radius 1 is 0.974 bits per heavy atom. The fraction of sp³-hybridized carbons (Fsp3) is 0.192. The average Bonchev–Trinajstić information content (AvgIpc) is 2.88. The molecule has 3 aromatic rings. The van der Waals surface area contributed by atoms with Crippen LogP contribution < -0.4 is 19.8 Å². The summed E-state index contributed by atoms with van der Waals surface area (Å²) in [5, 5.41) is 7.03. The smallest absolute Gasteiger partial charge is 0.264 e. The number of rotatable bonds is 11. The van der Waals surface area contributed by atoms with Gasteiger partial charge < -0.3 is 10.1 Å². The van der Waals surface area contributed by atoms with Crippen molar-refractivity contribution in [2.45, 2.75) is 24.8 Å². The van der Waals surface area contributed by atoms with Crippen molar-refractivity contribution < 1.29 is 22.7 Å². The van der Waals surface area contributed by atoms with E-state index in [9.17, 15) is 18.0 Å². The molecule has 0 saturated heterocycles. The van der Waals surface area contributed by atoms with Gasteiger partial charge in [0.25, 0.3) is 21.8 Å². The predicted molar refractivity (Wildman–Crippen MR) is 148 cm³/mol. The van der Waals surface area contributed by atoms with Gasteiger partial charge in [0.2, 0.25) is 0 Å². The fourth-order valence-corrected chi connectivity index (χ4v) is 4.91. The highest BCUT2D eigenvalue weighted by molar-refractivity contribution is 7.92. The number of hydrazone groups is 1. The van der Waals surface area contributed by atoms with E-state index in [2.05, 4.69) is 15.8 Å². The molecule has 0 aliphatic rings. The van der Waals surface area contributed by atoms with Gasteiger partial charge in [-0.05, 0) is 74.0 Å². The largest absolute Gasteiger partial charge is 0.484 e. The third-order valence-corrected chi connectivity index (χ3v) is 7.44. The van der Waals surface area contributed by atoms with Crippen LogP contribution in [0.1, 0.15) is 19.4 Å². The summed E-state index contributed by atoms with van der Waals surface area (Å²) < 4.78 is 33.0. The molecule has 0 bridgehead atoms. The molecule has 0 aliphatic carbocycles. The Balaban J connectivity index is 1.67. The Labute approximate surface area is 231 Å². The van der Waals surface area contributed by atoms with Gasteiger partial charge in [-0.15, -0.1) is 0 Å². The van der Waals surface area contributed by atoms with Crippen molar-refractivity contribution >= 4 is 56.9 Å². The first kappa shape index (κ1) is 29.0. The lowest BCUT2D eigenvalue weighted by molar-refractivity contribution is -0.123. The lowest BCUT2D eigenvalue weighted by Gasteiger charge is -2.24. The first-order chi connectivity index (χ1) is 18.1. The van der Waals surface area contributed by atoms with Crippen LogP contribution in [-0.4, -0.2) is 45.6 Å². The van der Waals surface area contributed by atoms with Crippen molar-refractivity contribution in [3.05, 3.63) is 88.4 Å². The van der Waals surface area contributed by atoms with E-state index in [-0.39, 0.29) is 39.2 Å². The van der Waals surface area contributed by atoms with Crippen molar-refractivity contribution in [1.82, 2.24) is 10.7 Å². The number of anilines is 1. The van der Waals surface area contributed by atoms with E-state index in [0.717, 1.165) is 4.31 Å². The number of sulfonamides is 1. The summed E-state index contributed by atoms with van der Waals surface area (Å²) in [6.45, 7) is 3.05. The minimum Gasteiger partial charge on any atom is -0.484 e. The Hall–Kier alpha value is -3.60. The third-order valence-electron chi connectivity index (χ3n) is 4.91. The number of amides is 2. The normalized spacial score (nSPS) is 11.4. The molecule has 0 radical (unpaired) electrons. The minimum absolute atomic E-state index is 0.00590. The molecular formula is C26H26Cl2N4O5S. The van der Waals surface area contributed by atoms with Crippen molar-refractivity contribution in [3.63, 3.8) is 0 Å². The van der Waals surface area contributed by atoms with Crippen LogP contribution in [0.3, 0.4) is 0 Å². The molecular weight excluding hydrogens is 551 g/mol. The highest BCUT2D eigenvalue weighted by Gasteiger charge is 2.27. The average molecular weight is 577 g/mol. The highest BCUT2D eigenvalue weighted by Crippen LogP contribution is 2.30. The second-order valence-electron chi connectivity index (χ2n) is 8.30. The molecule has 0 aromatic heterocycles. The van der Waals surface area contributed by atoms with Crippen molar-refractivity contribution in [3.8, 4) is 5.75 Å². The molecule has 3 aromatic carbocycles. The Morgan fingerprint density at radius 3 is 2.29 bits per heavy atom. The van der Waals surface area contributed by atoms with E-state index in [0.29, 0.717) is 11.3 Å². The van der Waals surface area contributed by atoms with Gasteiger partial charge in [0.1, 0.15) is 12.3 Å². The van der Waals surface area contributed by atoms with Crippen LogP contribution in [0.2, 0.25) is 10.0 Å². The molecule has 0 heterocycles. The first-order valence-corrected chi connectivity index (χ1v) is 13.6. The van der Waals surface area contributed by atoms with Gasteiger partial charge in [-0.1, -0.05) is 41.4 Å². The summed E-state index contributed by atoms with van der Waals surface area (Å²) in [4.78, 5) is 24.4. The van der Waals surface area contributed by atoms with Crippen LogP contribution in [0, 0.1) is 0 Å². The maximum Gasteiger partial charge on any atom is 0.264 e. The number of hydrogen-bond acceptors (Lipinski definition) is 6. The van der Waals surface area contributed by atoms with Crippen molar-refractivity contribution in [2.75, 3.05) is 17.5 Å². The van der Waals surface area contributed by atoms with E-state index >= 15 is 0 Å². The van der Waals surface area contributed by atoms with E-state index in [1.807, 2.05) is 13.8 Å². The SMILES string of the molecule is CC(C)NC(=O)COc1ccc(/C=N\NC(=O)CN(c2ccc(Cl)c(Cl)c2)S(=O)(=O)c2ccccc2)cc1. The minimum atomic E-state index is -4.10. The molecule has 2 amide bonds. The summed E-state index contributed by atoms with van der Waals surface area (Å²) >= 11 is 12.1. The molecule has 3 rings (SSSR count). The number of nitrogens with one attached hydrogen (secondary N) is 2. The summed E-state index contributed by atoms with van der Waals surface area (Å²) in [5.41, 5.74) is 3.14. The van der Waals surface area contributed by atoms with Crippen molar-refractivity contribution in [1.29, 1.82) is 0 Å². The first-order valence-electron chi connectivity index (χ1n) is 11.4. The Morgan fingerprint density at radius 2 is 1.66 bits per heavy atom. The number of nitrogens with zero attached hydrogens (tertiary/aromatic N) is 2. The molecule has 12 heteroatoms. The van der Waals surface area contributed by atoms with E-state index in [4.69, 9.17) is 27.9 Å². The summed E-state index contributed by atoms with van der Waals surface area (Å²) in [5.74, 6) is -0.408. The molecule has 0 aliphatic heterocycles.